The summed E-state index contributed by atoms with van der Waals surface area (Å²) in [5.74, 6) is 0.775. The second kappa shape index (κ2) is 5.66. The van der Waals surface area contributed by atoms with Crippen LogP contribution in [0.2, 0.25) is 0 Å². The van der Waals surface area contributed by atoms with E-state index >= 15 is 0 Å². The van der Waals surface area contributed by atoms with E-state index in [0.717, 1.165) is 5.92 Å². The molecule has 3 unspecified atom stereocenters. The minimum atomic E-state index is 0.375. The first-order chi connectivity index (χ1) is 8.89. The van der Waals surface area contributed by atoms with Crippen molar-refractivity contribution in [3.8, 4) is 0 Å². The Morgan fingerprint density at radius 3 is 2.58 bits per heavy atom. The molecule has 1 N–H and O–H groups in total. The van der Waals surface area contributed by atoms with Crippen LogP contribution in [0.4, 0.5) is 0 Å². The van der Waals surface area contributed by atoms with Gasteiger partial charge in [0.05, 0.1) is 5.69 Å². The fourth-order valence-corrected chi connectivity index (χ4v) is 3.58. The molecule has 1 saturated carbocycles. The van der Waals surface area contributed by atoms with Crippen molar-refractivity contribution in [2.24, 2.45) is 18.4 Å². The first-order valence-corrected chi connectivity index (χ1v) is 7.63. The number of aryl methyl sites for hydroxylation is 1. The summed E-state index contributed by atoms with van der Waals surface area (Å²) in [6.45, 7) is 9.40. The van der Waals surface area contributed by atoms with Crippen molar-refractivity contribution in [1.29, 1.82) is 0 Å². The summed E-state index contributed by atoms with van der Waals surface area (Å²) in [6, 6.07) is 3.13. The van der Waals surface area contributed by atoms with Gasteiger partial charge in [-0.3, -0.25) is 4.68 Å². The fourth-order valence-electron chi connectivity index (χ4n) is 3.58. The molecule has 1 aliphatic rings. The maximum absolute atomic E-state index is 4.28. The summed E-state index contributed by atoms with van der Waals surface area (Å²) in [6.07, 6.45) is 7.31. The van der Waals surface area contributed by atoms with Gasteiger partial charge in [-0.05, 0) is 37.2 Å². The Balaban J connectivity index is 2.06. The van der Waals surface area contributed by atoms with Gasteiger partial charge < -0.3 is 5.32 Å². The number of hydrogen-bond acceptors (Lipinski definition) is 2. The quantitative estimate of drug-likeness (QED) is 0.901. The van der Waals surface area contributed by atoms with Gasteiger partial charge in [0.15, 0.2) is 0 Å². The summed E-state index contributed by atoms with van der Waals surface area (Å²) in [7, 11) is 2.02. The number of hydrogen-bond donors (Lipinski definition) is 1. The SMILES string of the molecule is CC(NC1CCCCC1C(C)(C)C)c1ccnn1C. The third-order valence-corrected chi connectivity index (χ3v) is 4.64. The molecule has 3 nitrogen and oxygen atoms in total. The Morgan fingerprint density at radius 1 is 1.32 bits per heavy atom. The Kier molecular flexibility index (Phi) is 4.34. The summed E-state index contributed by atoms with van der Waals surface area (Å²) in [5.41, 5.74) is 1.67. The molecule has 1 heterocycles. The van der Waals surface area contributed by atoms with Crippen LogP contribution in [0.25, 0.3) is 0 Å². The van der Waals surface area contributed by atoms with Gasteiger partial charge in [0, 0.05) is 25.3 Å². The van der Waals surface area contributed by atoms with E-state index < -0.39 is 0 Å². The predicted octanol–water partition coefficient (Wildman–Crippen LogP) is 3.68. The predicted molar refractivity (Wildman–Crippen MR) is 80.0 cm³/mol. The lowest BCUT2D eigenvalue weighted by atomic mass is 9.69. The fraction of sp³-hybridized carbons (Fsp3) is 0.812. The van der Waals surface area contributed by atoms with E-state index in [2.05, 4.69) is 44.2 Å². The Hall–Kier alpha value is -0.830. The van der Waals surface area contributed by atoms with E-state index in [1.807, 2.05) is 17.9 Å². The maximum atomic E-state index is 4.28. The lowest BCUT2D eigenvalue weighted by Crippen LogP contribution is -2.45. The zero-order valence-corrected chi connectivity index (χ0v) is 13.1. The van der Waals surface area contributed by atoms with E-state index in [0.29, 0.717) is 17.5 Å². The second-order valence-corrected chi connectivity index (χ2v) is 7.13. The molecule has 0 saturated heterocycles. The van der Waals surface area contributed by atoms with Gasteiger partial charge >= 0.3 is 0 Å². The molecule has 0 radical (unpaired) electrons. The number of nitrogens with zero attached hydrogens (tertiary/aromatic N) is 2. The molecule has 1 fully saturated rings. The molecule has 0 bridgehead atoms. The standard InChI is InChI=1S/C16H29N3/c1-12(15-10-11-17-19(15)5)18-14-9-7-6-8-13(14)16(2,3)4/h10-14,18H,6-9H2,1-5H3. The van der Waals surface area contributed by atoms with E-state index in [-0.39, 0.29) is 0 Å². The molecule has 1 aromatic rings. The molecule has 0 aromatic carbocycles. The van der Waals surface area contributed by atoms with Crippen LogP contribution in [0.15, 0.2) is 12.3 Å². The molecule has 0 aliphatic heterocycles. The molecule has 2 rings (SSSR count). The topological polar surface area (TPSA) is 29.9 Å². The molecule has 0 amide bonds. The Labute approximate surface area is 117 Å². The van der Waals surface area contributed by atoms with Gasteiger partial charge in [-0.2, -0.15) is 5.10 Å². The molecular formula is C16H29N3. The molecular weight excluding hydrogens is 234 g/mol. The van der Waals surface area contributed by atoms with Crippen LogP contribution >= 0.6 is 0 Å². The second-order valence-electron chi connectivity index (χ2n) is 7.13. The smallest absolute Gasteiger partial charge is 0.0547 e. The summed E-state index contributed by atoms with van der Waals surface area (Å²) < 4.78 is 1.98. The van der Waals surface area contributed by atoms with Crippen LogP contribution in [0.3, 0.4) is 0 Å². The van der Waals surface area contributed by atoms with E-state index in [4.69, 9.17) is 0 Å². The number of rotatable bonds is 3. The minimum Gasteiger partial charge on any atom is -0.306 e. The average Bonchev–Trinajstić information content (AvgIpc) is 2.75. The van der Waals surface area contributed by atoms with Crippen molar-refractivity contribution >= 4 is 0 Å². The third kappa shape index (κ3) is 3.38. The summed E-state index contributed by atoms with van der Waals surface area (Å²) in [4.78, 5) is 0. The molecule has 3 heteroatoms. The molecule has 19 heavy (non-hydrogen) atoms. The van der Waals surface area contributed by atoms with Crippen LogP contribution in [0.5, 0.6) is 0 Å². The highest BCUT2D eigenvalue weighted by molar-refractivity contribution is 5.06. The lowest BCUT2D eigenvalue weighted by Gasteiger charge is -2.42. The largest absolute Gasteiger partial charge is 0.306 e. The van der Waals surface area contributed by atoms with Crippen LogP contribution in [0.1, 0.15) is 65.1 Å². The van der Waals surface area contributed by atoms with E-state index in [1.54, 1.807) is 0 Å². The van der Waals surface area contributed by atoms with Gasteiger partial charge in [0.2, 0.25) is 0 Å². The maximum Gasteiger partial charge on any atom is 0.0547 e. The zero-order chi connectivity index (χ0) is 14.0. The van der Waals surface area contributed by atoms with Crippen molar-refractivity contribution in [3.63, 3.8) is 0 Å². The minimum absolute atomic E-state index is 0.375. The van der Waals surface area contributed by atoms with E-state index in [9.17, 15) is 0 Å². The molecule has 1 aliphatic carbocycles. The highest BCUT2D eigenvalue weighted by Gasteiger charge is 2.34. The zero-order valence-electron chi connectivity index (χ0n) is 13.1. The van der Waals surface area contributed by atoms with Crippen LogP contribution in [-0.2, 0) is 7.05 Å². The number of aromatic nitrogens is 2. The van der Waals surface area contributed by atoms with E-state index in [1.165, 1.54) is 31.4 Å². The summed E-state index contributed by atoms with van der Waals surface area (Å²) >= 11 is 0. The van der Waals surface area contributed by atoms with Crippen molar-refractivity contribution in [2.45, 2.75) is 65.5 Å². The van der Waals surface area contributed by atoms with Gasteiger partial charge in [-0.1, -0.05) is 33.6 Å². The van der Waals surface area contributed by atoms with Gasteiger partial charge in [0.1, 0.15) is 0 Å². The van der Waals surface area contributed by atoms with Crippen LogP contribution in [-0.4, -0.2) is 15.8 Å². The lowest BCUT2D eigenvalue weighted by molar-refractivity contribution is 0.123. The molecule has 0 spiro atoms. The first kappa shape index (κ1) is 14.6. The normalized spacial score (nSPS) is 26.4. The van der Waals surface area contributed by atoms with Gasteiger partial charge in [-0.25, -0.2) is 0 Å². The van der Waals surface area contributed by atoms with Gasteiger partial charge in [-0.15, -0.1) is 0 Å². The van der Waals surface area contributed by atoms with Crippen molar-refractivity contribution in [3.05, 3.63) is 18.0 Å². The van der Waals surface area contributed by atoms with Crippen LogP contribution < -0.4 is 5.32 Å². The van der Waals surface area contributed by atoms with Crippen molar-refractivity contribution in [2.75, 3.05) is 0 Å². The summed E-state index contributed by atoms with van der Waals surface area (Å²) in [5, 5.41) is 8.13. The number of nitrogens with one attached hydrogen (secondary N) is 1. The van der Waals surface area contributed by atoms with Crippen molar-refractivity contribution < 1.29 is 0 Å². The Morgan fingerprint density at radius 2 is 2.00 bits per heavy atom. The Bertz CT molecular complexity index is 402. The molecule has 1 aromatic heterocycles. The molecule has 108 valence electrons. The van der Waals surface area contributed by atoms with Crippen molar-refractivity contribution in [1.82, 2.24) is 15.1 Å². The average molecular weight is 263 g/mol. The first-order valence-electron chi connectivity index (χ1n) is 7.63. The molecule has 3 atom stereocenters. The van der Waals surface area contributed by atoms with Gasteiger partial charge in [0.25, 0.3) is 0 Å². The third-order valence-electron chi connectivity index (χ3n) is 4.64. The van der Waals surface area contributed by atoms with Crippen LogP contribution in [0, 0.1) is 11.3 Å². The highest BCUT2D eigenvalue weighted by Crippen LogP contribution is 2.38. The monoisotopic (exact) mass is 263 g/mol. The highest BCUT2D eigenvalue weighted by atomic mass is 15.3.